The monoisotopic (exact) mass is 315 g/mol. The minimum atomic E-state index is 0.386. The molecule has 0 atom stereocenters. The number of ether oxygens (including phenoxy) is 1. The molecule has 0 aliphatic heterocycles. The minimum Gasteiger partial charge on any atom is -0.364 e. The van der Waals surface area contributed by atoms with Crippen LogP contribution in [0.5, 0.6) is 0 Å². The standard InChI is InChI=1S/C20H17N3O/c1-24-14-23(19-12-10-15-6-2-4-8-17(15)21-19)20-13-11-16-7-3-5-9-18(16)22-20/h2-13H,14H2,1H3. The van der Waals surface area contributed by atoms with E-state index in [1.807, 2.05) is 53.4 Å². The zero-order chi connectivity index (χ0) is 16.4. The number of nitrogens with zero attached hydrogens (tertiary/aromatic N) is 3. The first-order valence-electron chi connectivity index (χ1n) is 7.83. The summed E-state index contributed by atoms with van der Waals surface area (Å²) in [5.41, 5.74) is 1.91. The van der Waals surface area contributed by atoms with E-state index in [2.05, 4.69) is 24.3 Å². The lowest BCUT2D eigenvalue weighted by molar-refractivity contribution is 0.205. The molecule has 4 nitrogen and oxygen atoms in total. The van der Waals surface area contributed by atoms with Crippen LogP contribution >= 0.6 is 0 Å². The molecule has 0 aliphatic carbocycles. The van der Waals surface area contributed by atoms with Crippen LogP contribution in [0.1, 0.15) is 0 Å². The maximum Gasteiger partial charge on any atom is 0.136 e. The summed E-state index contributed by atoms with van der Waals surface area (Å²) in [7, 11) is 1.68. The Bertz CT molecular complexity index is 921. The largest absolute Gasteiger partial charge is 0.364 e. The van der Waals surface area contributed by atoms with Crippen LogP contribution in [0.2, 0.25) is 0 Å². The number of methoxy groups -OCH3 is 1. The van der Waals surface area contributed by atoms with Crippen LogP contribution in [-0.4, -0.2) is 23.8 Å². The third-order valence-electron chi connectivity index (χ3n) is 3.98. The topological polar surface area (TPSA) is 38.2 Å². The average molecular weight is 315 g/mol. The predicted molar refractivity (Wildman–Crippen MR) is 97.5 cm³/mol. The van der Waals surface area contributed by atoms with Crippen molar-refractivity contribution in [2.24, 2.45) is 0 Å². The minimum absolute atomic E-state index is 0.386. The van der Waals surface area contributed by atoms with Crippen molar-refractivity contribution in [3.05, 3.63) is 72.8 Å². The Morgan fingerprint density at radius 2 is 1.21 bits per heavy atom. The number of pyridine rings is 2. The summed E-state index contributed by atoms with van der Waals surface area (Å²) in [6.07, 6.45) is 0. The summed E-state index contributed by atoms with van der Waals surface area (Å²) in [4.78, 5) is 11.5. The number of anilines is 2. The Morgan fingerprint density at radius 3 is 1.71 bits per heavy atom. The molecular weight excluding hydrogens is 298 g/mol. The fourth-order valence-corrected chi connectivity index (χ4v) is 2.79. The lowest BCUT2D eigenvalue weighted by atomic mass is 10.2. The number of rotatable bonds is 4. The Morgan fingerprint density at radius 1 is 0.708 bits per heavy atom. The van der Waals surface area contributed by atoms with E-state index >= 15 is 0 Å². The fraction of sp³-hybridized carbons (Fsp3) is 0.100. The summed E-state index contributed by atoms with van der Waals surface area (Å²) >= 11 is 0. The van der Waals surface area contributed by atoms with Gasteiger partial charge in [0.2, 0.25) is 0 Å². The van der Waals surface area contributed by atoms with E-state index in [-0.39, 0.29) is 0 Å². The first kappa shape index (κ1) is 14.6. The van der Waals surface area contributed by atoms with Crippen LogP contribution in [-0.2, 0) is 4.74 Å². The Hall–Kier alpha value is -2.98. The normalized spacial score (nSPS) is 11.0. The van der Waals surface area contributed by atoms with Crippen LogP contribution in [0.15, 0.2) is 72.8 Å². The van der Waals surface area contributed by atoms with Crippen LogP contribution in [0.4, 0.5) is 11.6 Å². The molecule has 0 saturated carbocycles. The van der Waals surface area contributed by atoms with Gasteiger partial charge in [-0.15, -0.1) is 0 Å². The van der Waals surface area contributed by atoms with Crippen molar-refractivity contribution in [2.45, 2.75) is 0 Å². The van der Waals surface area contributed by atoms with Gasteiger partial charge in [-0.1, -0.05) is 36.4 Å². The van der Waals surface area contributed by atoms with Gasteiger partial charge in [-0.05, 0) is 36.4 Å². The number of aromatic nitrogens is 2. The molecule has 0 fully saturated rings. The van der Waals surface area contributed by atoms with Gasteiger partial charge in [-0.25, -0.2) is 9.97 Å². The SMILES string of the molecule is COCN(c1ccc2ccccc2n1)c1ccc2ccccc2n1. The van der Waals surface area contributed by atoms with Crippen molar-refractivity contribution in [3.8, 4) is 0 Å². The second-order valence-corrected chi connectivity index (χ2v) is 5.57. The zero-order valence-corrected chi connectivity index (χ0v) is 13.4. The van der Waals surface area contributed by atoms with Crippen LogP contribution in [0.3, 0.4) is 0 Å². The molecule has 0 aliphatic rings. The predicted octanol–water partition coefficient (Wildman–Crippen LogP) is 4.53. The highest BCUT2D eigenvalue weighted by Gasteiger charge is 2.13. The Labute approximate surface area is 140 Å². The molecule has 118 valence electrons. The maximum absolute atomic E-state index is 5.38. The van der Waals surface area contributed by atoms with Crippen molar-refractivity contribution >= 4 is 33.4 Å². The molecule has 24 heavy (non-hydrogen) atoms. The van der Waals surface area contributed by atoms with Crippen molar-refractivity contribution in [3.63, 3.8) is 0 Å². The molecule has 0 saturated heterocycles. The summed E-state index contributed by atoms with van der Waals surface area (Å²) in [5.74, 6) is 1.64. The Kier molecular flexibility index (Phi) is 3.81. The van der Waals surface area contributed by atoms with Gasteiger partial charge in [0.05, 0.1) is 11.0 Å². The highest BCUT2D eigenvalue weighted by Crippen LogP contribution is 2.26. The number of hydrogen-bond donors (Lipinski definition) is 0. The summed E-state index contributed by atoms with van der Waals surface area (Å²) in [6.45, 7) is 0.386. The number of benzene rings is 2. The first-order valence-corrected chi connectivity index (χ1v) is 7.83. The molecule has 4 heteroatoms. The highest BCUT2D eigenvalue weighted by molar-refractivity contribution is 5.83. The van der Waals surface area contributed by atoms with Crippen LogP contribution in [0.25, 0.3) is 21.8 Å². The number of hydrogen-bond acceptors (Lipinski definition) is 4. The Balaban J connectivity index is 1.81. The van der Waals surface area contributed by atoms with E-state index in [4.69, 9.17) is 14.7 Å². The van der Waals surface area contributed by atoms with E-state index in [0.717, 1.165) is 33.4 Å². The van der Waals surface area contributed by atoms with E-state index < -0.39 is 0 Å². The summed E-state index contributed by atoms with van der Waals surface area (Å²) < 4.78 is 5.38. The van der Waals surface area contributed by atoms with Gasteiger partial charge in [-0.2, -0.15) is 0 Å². The second kappa shape index (κ2) is 6.26. The van der Waals surface area contributed by atoms with Gasteiger partial charge < -0.3 is 4.74 Å². The third kappa shape index (κ3) is 2.68. The lowest BCUT2D eigenvalue weighted by Gasteiger charge is -2.22. The molecule has 0 bridgehead atoms. The molecular formula is C20H17N3O. The number of fused-ring (bicyclic) bond motifs is 2. The summed E-state index contributed by atoms with van der Waals surface area (Å²) in [6, 6.07) is 24.3. The molecule has 4 aromatic rings. The smallest absolute Gasteiger partial charge is 0.136 e. The van der Waals surface area contributed by atoms with Crippen molar-refractivity contribution in [1.82, 2.24) is 9.97 Å². The van der Waals surface area contributed by atoms with Gasteiger partial charge in [0, 0.05) is 17.9 Å². The third-order valence-corrected chi connectivity index (χ3v) is 3.98. The summed E-state index contributed by atoms with van der Waals surface area (Å²) in [5, 5.41) is 2.23. The van der Waals surface area contributed by atoms with E-state index in [9.17, 15) is 0 Å². The van der Waals surface area contributed by atoms with E-state index in [0.29, 0.717) is 6.73 Å². The van der Waals surface area contributed by atoms with Crippen molar-refractivity contribution < 1.29 is 4.74 Å². The molecule has 0 spiro atoms. The molecule has 4 rings (SSSR count). The van der Waals surface area contributed by atoms with Crippen molar-refractivity contribution in [1.29, 1.82) is 0 Å². The quantitative estimate of drug-likeness (QED) is 0.519. The molecule has 0 N–H and O–H groups in total. The highest BCUT2D eigenvalue weighted by atomic mass is 16.5. The van der Waals surface area contributed by atoms with Gasteiger partial charge in [0.15, 0.2) is 0 Å². The number of para-hydroxylation sites is 2. The van der Waals surface area contributed by atoms with Gasteiger partial charge in [-0.3, -0.25) is 4.90 Å². The van der Waals surface area contributed by atoms with E-state index in [1.165, 1.54) is 0 Å². The first-order chi connectivity index (χ1) is 11.8. The molecule has 0 unspecified atom stereocenters. The van der Waals surface area contributed by atoms with Crippen molar-refractivity contribution in [2.75, 3.05) is 18.7 Å². The average Bonchev–Trinajstić information content (AvgIpc) is 2.65. The second-order valence-electron chi connectivity index (χ2n) is 5.57. The lowest BCUT2D eigenvalue weighted by Crippen LogP contribution is -2.21. The fourth-order valence-electron chi connectivity index (χ4n) is 2.79. The maximum atomic E-state index is 5.38. The van der Waals surface area contributed by atoms with Gasteiger partial charge >= 0.3 is 0 Å². The molecule has 0 radical (unpaired) electrons. The molecule has 2 heterocycles. The van der Waals surface area contributed by atoms with E-state index in [1.54, 1.807) is 7.11 Å². The molecule has 0 amide bonds. The van der Waals surface area contributed by atoms with Gasteiger partial charge in [0.25, 0.3) is 0 Å². The molecule has 2 aromatic carbocycles. The van der Waals surface area contributed by atoms with Gasteiger partial charge in [0.1, 0.15) is 18.4 Å². The van der Waals surface area contributed by atoms with Crippen LogP contribution < -0.4 is 4.90 Å². The zero-order valence-electron chi connectivity index (χ0n) is 13.4. The molecule has 2 aromatic heterocycles. The van der Waals surface area contributed by atoms with Crippen LogP contribution in [0, 0.1) is 0 Å².